The molecule has 1 N–H and O–H groups in total. The highest BCUT2D eigenvalue weighted by molar-refractivity contribution is 5.88. The quantitative estimate of drug-likeness (QED) is 0.647. The molecule has 2 rings (SSSR count). The van der Waals surface area contributed by atoms with Crippen molar-refractivity contribution in [2.24, 2.45) is 5.92 Å². The molecule has 0 aromatic heterocycles. The summed E-state index contributed by atoms with van der Waals surface area (Å²) < 4.78 is 9.91. The van der Waals surface area contributed by atoms with E-state index in [1.807, 2.05) is 39.8 Å². The third-order valence-corrected chi connectivity index (χ3v) is 4.10. The van der Waals surface area contributed by atoms with Crippen molar-refractivity contribution < 1.29 is 19.1 Å². The number of esters is 1. The van der Waals surface area contributed by atoms with Gasteiger partial charge in [-0.3, -0.25) is 9.59 Å². The van der Waals surface area contributed by atoms with Gasteiger partial charge in [0.2, 0.25) is 5.91 Å². The van der Waals surface area contributed by atoms with Crippen molar-refractivity contribution in [3.05, 3.63) is 23.8 Å². The van der Waals surface area contributed by atoms with Gasteiger partial charge in [0.1, 0.15) is 11.4 Å². The maximum Gasteiger partial charge on any atom is 0.303 e. The zero-order valence-electron chi connectivity index (χ0n) is 19.0. The highest BCUT2D eigenvalue weighted by Gasteiger charge is 2.15. The maximum absolute atomic E-state index is 10.7. The Hall–Kier alpha value is -2.04. The van der Waals surface area contributed by atoms with Crippen LogP contribution in [-0.4, -0.2) is 24.6 Å². The number of aryl methyl sites for hydroxylation is 1. The number of nitrogens with one attached hydrogen (secondary N) is 1. The Bertz CT molecular complexity index is 601. The lowest BCUT2D eigenvalue weighted by Gasteiger charge is -2.24. The van der Waals surface area contributed by atoms with E-state index in [4.69, 9.17) is 9.47 Å². The average Bonchev–Trinajstić information content (AvgIpc) is 2.51. The number of amides is 1. The Morgan fingerprint density at radius 1 is 1.18 bits per heavy atom. The minimum atomic E-state index is -0.328. The number of anilines is 1. The Balaban J connectivity index is 0.000000418. The predicted molar refractivity (Wildman–Crippen MR) is 116 cm³/mol. The second kappa shape index (κ2) is 13.2. The highest BCUT2D eigenvalue weighted by atomic mass is 16.6. The molecule has 5 heteroatoms. The van der Waals surface area contributed by atoms with Gasteiger partial charge in [0.05, 0.1) is 7.11 Å². The van der Waals surface area contributed by atoms with Gasteiger partial charge in [-0.25, -0.2) is 0 Å². The van der Waals surface area contributed by atoms with Crippen molar-refractivity contribution in [2.75, 3.05) is 12.4 Å². The largest absolute Gasteiger partial charge is 0.496 e. The van der Waals surface area contributed by atoms with Gasteiger partial charge in [-0.1, -0.05) is 45.1 Å². The van der Waals surface area contributed by atoms with Crippen LogP contribution in [0.3, 0.4) is 0 Å². The normalized spacial score (nSPS) is 13.0. The second-order valence-electron chi connectivity index (χ2n) is 8.16. The molecule has 1 fully saturated rings. The highest BCUT2D eigenvalue weighted by Crippen LogP contribution is 2.29. The van der Waals surface area contributed by atoms with Crippen molar-refractivity contribution in [3.8, 4) is 5.75 Å². The van der Waals surface area contributed by atoms with Crippen LogP contribution in [0.5, 0.6) is 5.75 Å². The SMILES string of the molecule is CC(=O)OC(C)(C)C.CCCC1CCC1.COc1cc(NC(C)=O)ccc1C. The van der Waals surface area contributed by atoms with E-state index in [0.717, 1.165) is 22.9 Å². The van der Waals surface area contributed by atoms with Crippen LogP contribution in [-0.2, 0) is 14.3 Å². The van der Waals surface area contributed by atoms with Gasteiger partial charge in [0.15, 0.2) is 0 Å². The molecule has 0 atom stereocenters. The summed E-state index contributed by atoms with van der Waals surface area (Å²) in [5.74, 6) is 1.61. The number of ether oxygens (including phenoxy) is 2. The Morgan fingerprint density at radius 2 is 1.79 bits per heavy atom. The van der Waals surface area contributed by atoms with Crippen LogP contribution in [0.25, 0.3) is 0 Å². The fourth-order valence-electron chi connectivity index (χ4n) is 2.72. The molecule has 0 bridgehead atoms. The second-order valence-corrected chi connectivity index (χ2v) is 8.16. The van der Waals surface area contributed by atoms with Crippen molar-refractivity contribution in [1.82, 2.24) is 0 Å². The number of benzene rings is 1. The zero-order valence-corrected chi connectivity index (χ0v) is 19.0. The summed E-state index contributed by atoms with van der Waals surface area (Å²) in [6.07, 6.45) is 7.43. The van der Waals surface area contributed by atoms with Crippen LogP contribution in [0.15, 0.2) is 18.2 Å². The molecule has 0 radical (unpaired) electrons. The number of carbonyl (C=O) groups is 2. The number of hydrogen-bond acceptors (Lipinski definition) is 4. The summed E-state index contributed by atoms with van der Waals surface area (Å²) in [5.41, 5.74) is 1.48. The van der Waals surface area contributed by atoms with Gasteiger partial charge in [-0.2, -0.15) is 0 Å². The van der Waals surface area contributed by atoms with Crippen LogP contribution in [0.1, 0.15) is 79.2 Å². The number of methoxy groups -OCH3 is 1. The maximum atomic E-state index is 10.7. The summed E-state index contributed by atoms with van der Waals surface area (Å²) in [4.78, 5) is 21.0. The van der Waals surface area contributed by atoms with Crippen molar-refractivity contribution in [1.29, 1.82) is 0 Å². The predicted octanol–water partition coefficient (Wildman–Crippen LogP) is 5.90. The molecule has 28 heavy (non-hydrogen) atoms. The first-order valence-corrected chi connectivity index (χ1v) is 10.1. The fraction of sp³-hybridized carbons (Fsp3) is 0.652. The summed E-state index contributed by atoms with van der Waals surface area (Å²) in [6, 6.07) is 5.56. The molecule has 1 aliphatic carbocycles. The van der Waals surface area contributed by atoms with E-state index in [1.54, 1.807) is 13.2 Å². The van der Waals surface area contributed by atoms with Crippen LogP contribution >= 0.6 is 0 Å². The Kier molecular flexibility index (Phi) is 12.2. The smallest absolute Gasteiger partial charge is 0.303 e. The van der Waals surface area contributed by atoms with Gasteiger partial charge in [-0.15, -0.1) is 0 Å². The van der Waals surface area contributed by atoms with Crippen molar-refractivity contribution in [3.63, 3.8) is 0 Å². The molecule has 5 nitrogen and oxygen atoms in total. The first-order valence-electron chi connectivity index (χ1n) is 10.1. The van der Waals surface area contributed by atoms with E-state index >= 15 is 0 Å². The van der Waals surface area contributed by atoms with Crippen LogP contribution < -0.4 is 10.1 Å². The van der Waals surface area contributed by atoms with Crippen LogP contribution in [0, 0.1) is 12.8 Å². The number of rotatable bonds is 4. The lowest BCUT2D eigenvalue weighted by Crippen LogP contribution is -2.21. The van der Waals surface area contributed by atoms with E-state index in [1.165, 1.54) is 46.0 Å². The first-order chi connectivity index (χ1) is 13.0. The van der Waals surface area contributed by atoms with Gasteiger partial charge < -0.3 is 14.8 Å². The molecule has 160 valence electrons. The lowest BCUT2D eigenvalue weighted by molar-refractivity contribution is -0.151. The molecule has 1 aromatic rings. The fourth-order valence-corrected chi connectivity index (χ4v) is 2.72. The molecular weight excluding hydrogens is 354 g/mol. The summed E-state index contributed by atoms with van der Waals surface area (Å²) >= 11 is 0. The van der Waals surface area contributed by atoms with Gasteiger partial charge in [0, 0.05) is 25.6 Å². The average molecular weight is 394 g/mol. The van der Waals surface area contributed by atoms with Gasteiger partial charge >= 0.3 is 5.97 Å². The summed E-state index contributed by atoms with van der Waals surface area (Å²) in [7, 11) is 1.61. The van der Waals surface area contributed by atoms with Crippen molar-refractivity contribution >= 4 is 17.6 Å². The van der Waals surface area contributed by atoms with Crippen LogP contribution in [0.4, 0.5) is 5.69 Å². The molecule has 1 aromatic carbocycles. The molecular formula is C23H39NO4. The third kappa shape index (κ3) is 13.2. The van der Waals surface area contributed by atoms with Gasteiger partial charge in [-0.05, 0) is 45.2 Å². The number of carbonyl (C=O) groups excluding carboxylic acids is 2. The van der Waals surface area contributed by atoms with E-state index in [9.17, 15) is 9.59 Å². The van der Waals surface area contributed by atoms with Crippen molar-refractivity contribution in [2.45, 2.75) is 86.2 Å². The standard InChI is InChI=1S/C10H13NO2.C7H14.C6H12O2/c1-7-4-5-9(11-8(2)12)6-10(7)13-3;1-2-4-7-5-3-6-7;1-5(7)8-6(2,3)4/h4-6H,1-3H3,(H,11,12);7H,2-6H2,1H3;1-4H3. The minimum absolute atomic E-state index is 0.0779. The van der Waals surface area contributed by atoms with E-state index in [-0.39, 0.29) is 17.5 Å². The molecule has 0 unspecified atom stereocenters. The Labute approximate surface area is 171 Å². The van der Waals surface area contributed by atoms with Crippen LogP contribution in [0.2, 0.25) is 0 Å². The molecule has 0 spiro atoms. The van der Waals surface area contributed by atoms with E-state index in [0.29, 0.717) is 0 Å². The topological polar surface area (TPSA) is 64.6 Å². The molecule has 1 aliphatic rings. The third-order valence-electron chi connectivity index (χ3n) is 4.10. The van der Waals surface area contributed by atoms with E-state index < -0.39 is 0 Å². The zero-order chi connectivity index (χ0) is 21.7. The summed E-state index contributed by atoms with van der Waals surface area (Å²) in [6.45, 7) is 12.6. The molecule has 0 aliphatic heterocycles. The molecule has 1 saturated carbocycles. The van der Waals surface area contributed by atoms with E-state index in [2.05, 4.69) is 12.2 Å². The molecule has 0 saturated heterocycles. The Morgan fingerprint density at radius 3 is 2.07 bits per heavy atom. The first kappa shape index (κ1) is 26.0. The monoisotopic (exact) mass is 393 g/mol. The lowest BCUT2D eigenvalue weighted by atomic mass is 9.82. The summed E-state index contributed by atoms with van der Waals surface area (Å²) in [5, 5.41) is 2.69. The number of hydrogen-bond donors (Lipinski definition) is 1. The minimum Gasteiger partial charge on any atom is -0.496 e. The van der Waals surface area contributed by atoms with Gasteiger partial charge in [0.25, 0.3) is 0 Å². The molecule has 1 amide bonds. The molecule has 0 heterocycles.